The predicted octanol–water partition coefficient (Wildman–Crippen LogP) is 3.28. The Morgan fingerprint density at radius 2 is 0.827 bits per heavy atom. The molecular formula is C40H58N6O6. The van der Waals surface area contributed by atoms with E-state index in [0.29, 0.717) is 24.6 Å². The summed E-state index contributed by atoms with van der Waals surface area (Å²) < 4.78 is 22.3. The number of aliphatic imine (C=N–C) groups is 2. The highest BCUT2D eigenvalue weighted by Crippen LogP contribution is 2.30. The molecule has 0 radical (unpaired) electrons. The Balaban J connectivity index is 1.11. The maximum atomic E-state index is 11.6. The lowest BCUT2D eigenvalue weighted by Gasteiger charge is -2.29. The SMILES string of the molecule is Oc1c(C=NC2CCCCC2N=Cc2cc(CN3CCOCC3)cc(CN3CCOCC3)c2O)cc(CN2CCOCC2)cc1CN1CCOCC1. The van der Waals surface area contributed by atoms with E-state index in [1.165, 1.54) is 11.1 Å². The van der Waals surface area contributed by atoms with Crippen LogP contribution in [0, 0.1) is 0 Å². The van der Waals surface area contributed by atoms with E-state index in [0.717, 1.165) is 166 Å². The standard InChI is InChI=1S/C40H58N6O6/c47-39-33(21-31(27-43-5-13-49-14-6-43)23-35(39)29-45-9-17-51-18-10-45)25-41-37-3-1-2-4-38(37)42-26-34-22-32(28-44-7-15-50-16-8-44)24-36(40(34)48)30-46-11-19-52-20-12-46/h21-26,37-38,47-48H,1-20,27-30H2. The first-order valence-corrected chi connectivity index (χ1v) is 19.5. The van der Waals surface area contributed by atoms with E-state index in [4.69, 9.17) is 28.9 Å². The van der Waals surface area contributed by atoms with Crippen LogP contribution >= 0.6 is 0 Å². The number of aromatic hydroxyl groups is 2. The van der Waals surface area contributed by atoms with E-state index in [1.807, 2.05) is 12.4 Å². The molecule has 5 aliphatic rings. The molecular weight excluding hydrogens is 660 g/mol. The summed E-state index contributed by atoms with van der Waals surface area (Å²) in [6.45, 7) is 16.0. The van der Waals surface area contributed by atoms with Gasteiger partial charge < -0.3 is 29.2 Å². The van der Waals surface area contributed by atoms with Gasteiger partial charge in [0.1, 0.15) is 11.5 Å². The zero-order valence-corrected chi connectivity index (χ0v) is 30.8. The predicted molar refractivity (Wildman–Crippen MR) is 202 cm³/mol. The van der Waals surface area contributed by atoms with Crippen LogP contribution in [0.25, 0.3) is 0 Å². The summed E-state index contributed by atoms with van der Waals surface area (Å²) >= 11 is 0. The second kappa shape index (κ2) is 18.9. The first-order chi connectivity index (χ1) is 25.6. The molecule has 1 aliphatic carbocycles. The van der Waals surface area contributed by atoms with Crippen molar-refractivity contribution in [1.29, 1.82) is 0 Å². The molecule has 284 valence electrons. The summed E-state index contributed by atoms with van der Waals surface area (Å²) in [5, 5.41) is 23.1. The molecule has 4 heterocycles. The third-order valence-electron chi connectivity index (χ3n) is 11.1. The van der Waals surface area contributed by atoms with Crippen molar-refractivity contribution in [2.45, 2.75) is 63.9 Å². The first-order valence-electron chi connectivity index (χ1n) is 19.5. The van der Waals surface area contributed by atoms with E-state index in [1.54, 1.807) is 0 Å². The van der Waals surface area contributed by atoms with Gasteiger partial charge in [0, 0.05) is 113 Å². The number of phenolic OH excluding ortho intramolecular Hbond substituents is 2. The Kier molecular flexibility index (Phi) is 13.6. The lowest BCUT2D eigenvalue weighted by molar-refractivity contribution is 0.0330. The smallest absolute Gasteiger partial charge is 0.128 e. The summed E-state index contributed by atoms with van der Waals surface area (Å²) in [5.41, 5.74) is 5.78. The third kappa shape index (κ3) is 10.4. The number of benzene rings is 2. The Hall–Kier alpha value is -2.94. The number of hydrogen-bond acceptors (Lipinski definition) is 12. The van der Waals surface area contributed by atoms with Gasteiger partial charge in [-0.2, -0.15) is 0 Å². The highest BCUT2D eigenvalue weighted by atomic mass is 16.5. The molecule has 0 bridgehead atoms. The minimum Gasteiger partial charge on any atom is -0.507 e. The molecule has 2 atom stereocenters. The van der Waals surface area contributed by atoms with Gasteiger partial charge in [-0.05, 0) is 48.2 Å². The maximum Gasteiger partial charge on any atom is 0.128 e. The molecule has 4 saturated heterocycles. The van der Waals surface area contributed by atoms with Gasteiger partial charge in [-0.1, -0.05) is 12.8 Å². The van der Waals surface area contributed by atoms with Crippen molar-refractivity contribution >= 4 is 12.4 Å². The molecule has 7 rings (SSSR count). The van der Waals surface area contributed by atoms with Gasteiger partial charge in [0.2, 0.25) is 0 Å². The van der Waals surface area contributed by atoms with Crippen molar-refractivity contribution in [1.82, 2.24) is 19.6 Å². The number of ether oxygens (including phenoxy) is 4. The average molecular weight is 719 g/mol. The maximum absolute atomic E-state index is 11.6. The van der Waals surface area contributed by atoms with Crippen molar-refractivity contribution in [2.24, 2.45) is 9.98 Å². The lowest BCUT2D eigenvalue weighted by Crippen LogP contribution is -2.36. The highest BCUT2D eigenvalue weighted by molar-refractivity contribution is 5.85. The number of morpholine rings is 4. The quantitative estimate of drug-likeness (QED) is 0.317. The molecule has 12 heteroatoms. The van der Waals surface area contributed by atoms with Crippen molar-refractivity contribution < 1.29 is 29.2 Å². The minimum absolute atomic E-state index is 0.00138. The molecule has 1 saturated carbocycles. The van der Waals surface area contributed by atoms with Crippen LogP contribution in [0.3, 0.4) is 0 Å². The second-order valence-corrected chi connectivity index (χ2v) is 14.9. The van der Waals surface area contributed by atoms with E-state index in [-0.39, 0.29) is 12.1 Å². The Bertz CT molecular complexity index is 1390. The topological polar surface area (TPSA) is 115 Å². The van der Waals surface area contributed by atoms with Crippen molar-refractivity contribution in [2.75, 3.05) is 105 Å². The zero-order valence-electron chi connectivity index (χ0n) is 30.8. The van der Waals surface area contributed by atoms with E-state index in [9.17, 15) is 10.2 Å². The number of rotatable bonds is 12. The Morgan fingerprint density at radius 1 is 0.500 bits per heavy atom. The lowest BCUT2D eigenvalue weighted by atomic mass is 9.91. The third-order valence-corrected chi connectivity index (χ3v) is 11.1. The highest BCUT2D eigenvalue weighted by Gasteiger charge is 2.25. The fraction of sp³-hybridized carbons (Fsp3) is 0.650. The summed E-state index contributed by atoms with van der Waals surface area (Å²) in [6, 6.07) is 8.54. The number of hydrogen-bond donors (Lipinski definition) is 2. The molecule has 2 unspecified atom stereocenters. The van der Waals surface area contributed by atoms with Crippen LogP contribution in [0.15, 0.2) is 34.3 Å². The summed E-state index contributed by atoms with van der Waals surface area (Å²) in [5.74, 6) is 0.623. The van der Waals surface area contributed by atoms with Gasteiger partial charge in [0.05, 0.1) is 64.9 Å². The van der Waals surface area contributed by atoms with Crippen molar-refractivity contribution in [3.8, 4) is 11.5 Å². The molecule has 4 aliphatic heterocycles. The van der Waals surface area contributed by atoms with Crippen LogP contribution in [0.2, 0.25) is 0 Å². The summed E-state index contributed by atoms with van der Waals surface area (Å²) in [6.07, 6.45) is 7.87. The summed E-state index contributed by atoms with van der Waals surface area (Å²) in [4.78, 5) is 19.8. The molecule has 2 N–H and O–H groups in total. The van der Waals surface area contributed by atoms with Gasteiger partial charge >= 0.3 is 0 Å². The molecule has 52 heavy (non-hydrogen) atoms. The van der Waals surface area contributed by atoms with Gasteiger partial charge in [-0.25, -0.2) is 0 Å². The minimum atomic E-state index is 0.00138. The molecule has 12 nitrogen and oxygen atoms in total. The van der Waals surface area contributed by atoms with Gasteiger partial charge in [0.15, 0.2) is 0 Å². The average Bonchev–Trinajstić information content (AvgIpc) is 3.18. The fourth-order valence-electron chi connectivity index (χ4n) is 8.02. The van der Waals surface area contributed by atoms with E-state index >= 15 is 0 Å². The molecule has 0 aromatic heterocycles. The molecule has 2 aromatic carbocycles. The van der Waals surface area contributed by atoms with Crippen LogP contribution < -0.4 is 0 Å². The van der Waals surface area contributed by atoms with Gasteiger partial charge in [0.25, 0.3) is 0 Å². The largest absolute Gasteiger partial charge is 0.507 e. The van der Waals surface area contributed by atoms with Crippen LogP contribution in [0.5, 0.6) is 11.5 Å². The summed E-state index contributed by atoms with van der Waals surface area (Å²) in [7, 11) is 0. The van der Waals surface area contributed by atoms with Gasteiger partial charge in [-0.15, -0.1) is 0 Å². The number of nitrogens with zero attached hydrogens (tertiary/aromatic N) is 6. The van der Waals surface area contributed by atoms with Crippen molar-refractivity contribution in [3.63, 3.8) is 0 Å². The van der Waals surface area contributed by atoms with Gasteiger partial charge in [-0.3, -0.25) is 29.6 Å². The first kappa shape index (κ1) is 37.4. The van der Waals surface area contributed by atoms with Crippen LogP contribution in [0.4, 0.5) is 0 Å². The van der Waals surface area contributed by atoms with Crippen LogP contribution in [0.1, 0.15) is 59.1 Å². The molecule has 0 amide bonds. The molecule has 5 fully saturated rings. The molecule has 2 aromatic rings. The molecule has 0 spiro atoms. The van der Waals surface area contributed by atoms with Crippen LogP contribution in [-0.4, -0.2) is 160 Å². The normalized spacial score (nSPS) is 25.0. The monoisotopic (exact) mass is 718 g/mol. The zero-order chi connectivity index (χ0) is 35.5. The fourth-order valence-corrected chi connectivity index (χ4v) is 8.02. The number of phenols is 2. The van der Waals surface area contributed by atoms with E-state index < -0.39 is 0 Å². The van der Waals surface area contributed by atoms with Crippen LogP contribution in [-0.2, 0) is 45.1 Å². The second-order valence-electron chi connectivity index (χ2n) is 14.9. The van der Waals surface area contributed by atoms with Crippen molar-refractivity contribution in [3.05, 3.63) is 57.6 Å². The van der Waals surface area contributed by atoms with E-state index in [2.05, 4.69) is 43.9 Å². The Morgan fingerprint density at radius 3 is 1.17 bits per heavy atom. The Labute approximate surface area is 309 Å².